The summed E-state index contributed by atoms with van der Waals surface area (Å²) in [5, 5.41) is 6.21. The van der Waals surface area contributed by atoms with E-state index in [9.17, 15) is 9.59 Å². The largest absolute Gasteiger partial charge is 0.368 e. The molecule has 6 heteroatoms. The quantitative estimate of drug-likeness (QED) is 0.759. The average Bonchev–Trinajstić information content (AvgIpc) is 2.99. The van der Waals surface area contributed by atoms with Crippen LogP contribution >= 0.6 is 0 Å². The van der Waals surface area contributed by atoms with Crippen LogP contribution in [0.3, 0.4) is 0 Å². The van der Waals surface area contributed by atoms with E-state index in [1.807, 2.05) is 0 Å². The lowest BCUT2D eigenvalue weighted by Crippen LogP contribution is -2.56. The van der Waals surface area contributed by atoms with Crippen LogP contribution in [-0.4, -0.2) is 61.6 Å². The second-order valence-corrected chi connectivity index (χ2v) is 6.31. The number of carbonyl (C=O) groups excluding carboxylic acids is 2. The van der Waals surface area contributed by atoms with Gasteiger partial charge in [0.25, 0.3) is 5.91 Å². The SMILES string of the molecule is O=C(NCC1CNC1)C1CCCCN1C(=O)C1CCCO1. The van der Waals surface area contributed by atoms with Crippen molar-refractivity contribution < 1.29 is 14.3 Å². The van der Waals surface area contributed by atoms with Crippen molar-refractivity contribution in [2.45, 2.75) is 44.2 Å². The van der Waals surface area contributed by atoms with E-state index in [0.29, 0.717) is 25.6 Å². The van der Waals surface area contributed by atoms with Crippen molar-refractivity contribution in [3.05, 3.63) is 0 Å². The molecule has 3 aliphatic rings. The Hall–Kier alpha value is -1.14. The molecule has 2 amide bonds. The third-order valence-electron chi connectivity index (χ3n) is 4.72. The third-order valence-corrected chi connectivity index (χ3v) is 4.72. The molecule has 3 saturated heterocycles. The van der Waals surface area contributed by atoms with Crippen molar-refractivity contribution in [3.63, 3.8) is 0 Å². The molecule has 0 aromatic heterocycles. The summed E-state index contributed by atoms with van der Waals surface area (Å²) in [7, 11) is 0. The second kappa shape index (κ2) is 6.75. The molecule has 0 aromatic carbocycles. The van der Waals surface area contributed by atoms with Gasteiger partial charge in [0.2, 0.25) is 5.91 Å². The zero-order valence-electron chi connectivity index (χ0n) is 12.5. The number of amides is 2. The molecule has 0 bridgehead atoms. The normalized spacial score (nSPS) is 30.0. The van der Waals surface area contributed by atoms with Gasteiger partial charge in [-0.3, -0.25) is 9.59 Å². The fourth-order valence-corrected chi connectivity index (χ4v) is 3.28. The van der Waals surface area contributed by atoms with Gasteiger partial charge in [-0.05, 0) is 32.1 Å². The van der Waals surface area contributed by atoms with Gasteiger partial charge >= 0.3 is 0 Å². The number of hydrogen-bond acceptors (Lipinski definition) is 4. The van der Waals surface area contributed by atoms with E-state index in [0.717, 1.165) is 45.2 Å². The maximum absolute atomic E-state index is 12.5. The van der Waals surface area contributed by atoms with E-state index in [-0.39, 0.29) is 24.0 Å². The lowest BCUT2D eigenvalue weighted by atomic mass is 9.99. The van der Waals surface area contributed by atoms with E-state index in [1.54, 1.807) is 4.90 Å². The standard InChI is InChI=1S/C15H25N3O3/c19-14(17-10-11-8-16-9-11)12-4-1-2-6-18(12)15(20)13-5-3-7-21-13/h11-13,16H,1-10H2,(H,17,19). The highest BCUT2D eigenvalue weighted by Gasteiger charge is 2.37. The van der Waals surface area contributed by atoms with Crippen LogP contribution in [0.15, 0.2) is 0 Å². The van der Waals surface area contributed by atoms with Crippen LogP contribution in [-0.2, 0) is 14.3 Å². The summed E-state index contributed by atoms with van der Waals surface area (Å²) in [5.74, 6) is 0.561. The molecule has 0 aliphatic carbocycles. The van der Waals surface area contributed by atoms with E-state index in [1.165, 1.54) is 0 Å². The lowest BCUT2D eigenvalue weighted by Gasteiger charge is -2.36. The zero-order chi connectivity index (χ0) is 14.7. The number of carbonyl (C=O) groups is 2. The van der Waals surface area contributed by atoms with Gasteiger partial charge in [-0.1, -0.05) is 0 Å². The summed E-state index contributed by atoms with van der Waals surface area (Å²) >= 11 is 0. The Balaban J connectivity index is 1.57. The number of nitrogens with zero attached hydrogens (tertiary/aromatic N) is 1. The van der Waals surface area contributed by atoms with Crippen LogP contribution in [0.2, 0.25) is 0 Å². The van der Waals surface area contributed by atoms with E-state index >= 15 is 0 Å². The molecular weight excluding hydrogens is 270 g/mol. The summed E-state index contributed by atoms with van der Waals surface area (Å²) in [6, 6.07) is -0.302. The Morgan fingerprint density at radius 2 is 2.05 bits per heavy atom. The molecule has 3 heterocycles. The van der Waals surface area contributed by atoms with Crippen LogP contribution in [0, 0.1) is 5.92 Å². The highest BCUT2D eigenvalue weighted by Crippen LogP contribution is 2.22. The Kier molecular flexibility index (Phi) is 4.75. The number of rotatable bonds is 4. The van der Waals surface area contributed by atoms with E-state index < -0.39 is 0 Å². The van der Waals surface area contributed by atoms with E-state index in [2.05, 4.69) is 10.6 Å². The van der Waals surface area contributed by atoms with Crippen LogP contribution in [0.4, 0.5) is 0 Å². The molecule has 0 spiro atoms. The third kappa shape index (κ3) is 3.37. The van der Waals surface area contributed by atoms with Gasteiger partial charge in [0.15, 0.2) is 0 Å². The first kappa shape index (κ1) is 14.8. The molecule has 118 valence electrons. The Bertz CT molecular complexity index is 392. The van der Waals surface area contributed by atoms with Crippen LogP contribution in [0.5, 0.6) is 0 Å². The molecule has 6 nitrogen and oxygen atoms in total. The maximum atomic E-state index is 12.5. The first-order valence-electron chi connectivity index (χ1n) is 8.16. The van der Waals surface area contributed by atoms with Crippen molar-refractivity contribution in [2.75, 3.05) is 32.8 Å². The summed E-state index contributed by atoms with van der Waals surface area (Å²) in [6.07, 6.45) is 4.17. The minimum atomic E-state index is -0.325. The molecule has 0 saturated carbocycles. The number of piperidine rings is 1. The number of likely N-dealkylation sites (tertiary alicyclic amines) is 1. The predicted molar refractivity (Wildman–Crippen MR) is 77.7 cm³/mol. The molecule has 2 atom stereocenters. The lowest BCUT2D eigenvalue weighted by molar-refractivity contribution is -0.149. The highest BCUT2D eigenvalue weighted by atomic mass is 16.5. The molecule has 21 heavy (non-hydrogen) atoms. The van der Waals surface area contributed by atoms with Gasteiger partial charge in [0.05, 0.1) is 0 Å². The Labute approximate surface area is 125 Å². The topological polar surface area (TPSA) is 70.7 Å². The van der Waals surface area contributed by atoms with Crippen molar-refractivity contribution >= 4 is 11.8 Å². The predicted octanol–water partition coefficient (Wildman–Crippen LogP) is -0.118. The maximum Gasteiger partial charge on any atom is 0.252 e. The van der Waals surface area contributed by atoms with Crippen LogP contribution in [0.1, 0.15) is 32.1 Å². The van der Waals surface area contributed by atoms with Gasteiger partial charge < -0.3 is 20.3 Å². The molecule has 3 rings (SSSR count). The van der Waals surface area contributed by atoms with Gasteiger partial charge in [0, 0.05) is 38.7 Å². The highest BCUT2D eigenvalue weighted by molar-refractivity contribution is 5.89. The smallest absolute Gasteiger partial charge is 0.252 e. The fourth-order valence-electron chi connectivity index (χ4n) is 3.28. The second-order valence-electron chi connectivity index (χ2n) is 6.31. The van der Waals surface area contributed by atoms with Crippen molar-refractivity contribution in [3.8, 4) is 0 Å². The van der Waals surface area contributed by atoms with E-state index in [4.69, 9.17) is 4.74 Å². The monoisotopic (exact) mass is 295 g/mol. The number of nitrogens with one attached hydrogen (secondary N) is 2. The van der Waals surface area contributed by atoms with Gasteiger partial charge in [-0.25, -0.2) is 0 Å². The molecule has 2 N–H and O–H groups in total. The van der Waals surface area contributed by atoms with Gasteiger partial charge in [-0.15, -0.1) is 0 Å². The average molecular weight is 295 g/mol. The van der Waals surface area contributed by atoms with Crippen molar-refractivity contribution in [1.82, 2.24) is 15.5 Å². The Morgan fingerprint density at radius 1 is 1.19 bits per heavy atom. The zero-order valence-corrected chi connectivity index (χ0v) is 12.5. The molecule has 3 fully saturated rings. The minimum absolute atomic E-state index is 0.00736. The van der Waals surface area contributed by atoms with Crippen LogP contribution < -0.4 is 10.6 Å². The summed E-state index contributed by atoms with van der Waals surface area (Å²) in [5.41, 5.74) is 0. The number of ether oxygens (including phenoxy) is 1. The minimum Gasteiger partial charge on any atom is -0.368 e. The molecule has 2 unspecified atom stereocenters. The summed E-state index contributed by atoms with van der Waals surface area (Å²) in [6.45, 7) is 4.01. The van der Waals surface area contributed by atoms with Gasteiger partial charge in [0.1, 0.15) is 12.1 Å². The van der Waals surface area contributed by atoms with Crippen LogP contribution in [0.25, 0.3) is 0 Å². The first-order valence-corrected chi connectivity index (χ1v) is 8.16. The molecule has 0 radical (unpaired) electrons. The van der Waals surface area contributed by atoms with Gasteiger partial charge in [-0.2, -0.15) is 0 Å². The summed E-state index contributed by atoms with van der Waals surface area (Å²) in [4.78, 5) is 26.7. The summed E-state index contributed by atoms with van der Waals surface area (Å²) < 4.78 is 5.49. The van der Waals surface area contributed by atoms with Crippen molar-refractivity contribution in [2.24, 2.45) is 5.92 Å². The fraction of sp³-hybridized carbons (Fsp3) is 0.867. The van der Waals surface area contributed by atoms with Crippen molar-refractivity contribution in [1.29, 1.82) is 0 Å². The molecule has 3 aliphatic heterocycles. The Morgan fingerprint density at radius 3 is 2.71 bits per heavy atom. The number of hydrogen-bond donors (Lipinski definition) is 2. The molecule has 0 aromatic rings. The molecular formula is C15H25N3O3. The first-order chi connectivity index (χ1) is 10.3.